The van der Waals surface area contributed by atoms with Gasteiger partial charge in [-0.15, -0.1) is 11.3 Å². The number of thiophene rings is 1. The lowest BCUT2D eigenvalue weighted by molar-refractivity contribution is -0.192. The third-order valence-electron chi connectivity index (χ3n) is 6.69. The van der Waals surface area contributed by atoms with Crippen LogP contribution < -0.4 is 0 Å². The summed E-state index contributed by atoms with van der Waals surface area (Å²) in [7, 11) is 0. The first-order valence-corrected chi connectivity index (χ1v) is 12.5. The second-order valence-corrected chi connectivity index (χ2v) is 11.0. The molecule has 194 valence electrons. The van der Waals surface area contributed by atoms with Crippen molar-refractivity contribution in [1.29, 1.82) is 0 Å². The third kappa shape index (κ3) is 6.06. The molecule has 1 amide bonds. The van der Waals surface area contributed by atoms with E-state index in [0.717, 1.165) is 51.4 Å². The van der Waals surface area contributed by atoms with Gasteiger partial charge in [0, 0.05) is 60.9 Å². The number of aryl methyl sites for hydroxylation is 2. The molecule has 2 aliphatic heterocycles. The summed E-state index contributed by atoms with van der Waals surface area (Å²) < 4.78 is 34.2. The summed E-state index contributed by atoms with van der Waals surface area (Å²) in [5.74, 6) is -1.43. The summed E-state index contributed by atoms with van der Waals surface area (Å²) in [6.45, 7) is 15.2. The molecular weight excluding hydrogens is 481 g/mol. The van der Waals surface area contributed by atoms with Crippen molar-refractivity contribution in [3.05, 3.63) is 39.1 Å². The molecule has 1 fully saturated rings. The number of piperidine rings is 1. The predicted octanol–water partition coefficient (Wildman–Crippen LogP) is 4.67. The highest BCUT2D eigenvalue weighted by Crippen LogP contribution is 2.43. The van der Waals surface area contributed by atoms with E-state index in [1.807, 2.05) is 16.2 Å². The number of carboxylic acids is 1. The first kappa shape index (κ1) is 27.2. The molecule has 2 aliphatic rings. The summed E-state index contributed by atoms with van der Waals surface area (Å²) in [5, 5.41) is 7.12. The normalized spacial score (nSPS) is 17.8. The summed E-state index contributed by atoms with van der Waals surface area (Å²) >= 11 is 1.90. The minimum Gasteiger partial charge on any atom is -0.475 e. The molecule has 0 unspecified atom stereocenters. The van der Waals surface area contributed by atoms with Crippen molar-refractivity contribution in [2.45, 2.75) is 78.2 Å². The maximum absolute atomic E-state index is 11.9. The van der Waals surface area contributed by atoms with Crippen LogP contribution in [-0.4, -0.2) is 62.1 Å². The molecule has 1 saturated heterocycles. The fraction of sp³-hybridized carbons (Fsp3) is 0.625. The van der Waals surface area contributed by atoms with Gasteiger partial charge in [0.15, 0.2) is 0 Å². The number of aliphatic carboxylic acids is 1. The van der Waals surface area contributed by atoms with Crippen LogP contribution in [0.15, 0.2) is 12.1 Å². The van der Waals surface area contributed by atoms with Gasteiger partial charge in [0.2, 0.25) is 5.91 Å². The summed E-state index contributed by atoms with van der Waals surface area (Å²) in [5.41, 5.74) is 2.76. The first-order valence-electron chi connectivity index (χ1n) is 11.6. The molecule has 1 N–H and O–H groups in total. The molecule has 7 nitrogen and oxygen atoms in total. The largest absolute Gasteiger partial charge is 0.490 e. The minimum atomic E-state index is -5.08. The van der Waals surface area contributed by atoms with Gasteiger partial charge in [-0.3, -0.25) is 9.69 Å². The standard InChI is InChI=1S/C22H32N4OS.C2HF3O2/c1-15(2)26-17(4)23-21-20(26)13-24(12-19-7-6-16(3)28-19)14-22(21)8-10-25(11-9-22)18(5)27;3-2(4,5)1(6)7/h6-7,15H,8-14H2,1-5H3;(H,6,7). The van der Waals surface area contributed by atoms with Crippen LogP contribution in [0.2, 0.25) is 0 Å². The SMILES string of the molecule is CC(=O)N1CCC2(CC1)CN(Cc1ccc(C)s1)Cc1c2nc(C)n1C(C)C.O=C(O)C(F)(F)F. The number of fused-ring (bicyclic) bond motifs is 2. The number of amides is 1. The Labute approximate surface area is 207 Å². The van der Waals surface area contributed by atoms with Crippen LogP contribution >= 0.6 is 11.3 Å². The van der Waals surface area contributed by atoms with Crippen molar-refractivity contribution in [1.82, 2.24) is 19.4 Å². The molecule has 1 spiro atoms. The van der Waals surface area contributed by atoms with Crippen molar-refractivity contribution >= 4 is 23.2 Å². The molecule has 35 heavy (non-hydrogen) atoms. The van der Waals surface area contributed by atoms with Crippen molar-refractivity contribution in [2.75, 3.05) is 19.6 Å². The van der Waals surface area contributed by atoms with Gasteiger partial charge in [0.05, 0.1) is 11.4 Å². The highest BCUT2D eigenvalue weighted by atomic mass is 32.1. The Morgan fingerprint density at radius 2 is 1.80 bits per heavy atom. The quantitative estimate of drug-likeness (QED) is 0.644. The second-order valence-electron chi connectivity index (χ2n) is 9.66. The molecule has 4 heterocycles. The number of likely N-dealkylation sites (tertiary alicyclic amines) is 1. The average molecular weight is 515 g/mol. The van der Waals surface area contributed by atoms with Gasteiger partial charge in [-0.25, -0.2) is 9.78 Å². The third-order valence-corrected chi connectivity index (χ3v) is 7.67. The summed E-state index contributed by atoms with van der Waals surface area (Å²) in [6.07, 6.45) is -3.07. The molecule has 0 saturated carbocycles. The second kappa shape index (κ2) is 10.3. The number of hydrogen-bond acceptors (Lipinski definition) is 5. The number of alkyl halides is 3. The van der Waals surface area contributed by atoms with E-state index in [1.54, 1.807) is 6.92 Å². The number of hydrogen-bond donors (Lipinski definition) is 1. The van der Waals surface area contributed by atoms with Crippen LogP contribution in [0.3, 0.4) is 0 Å². The maximum atomic E-state index is 11.9. The smallest absolute Gasteiger partial charge is 0.475 e. The molecule has 0 aromatic carbocycles. The van der Waals surface area contributed by atoms with E-state index >= 15 is 0 Å². The number of carboxylic acid groups (broad SMARTS) is 1. The summed E-state index contributed by atoms with van der Waals surface area (Å²) in [6, 6.07) is 4.90. The number of rotatable bonds is 3. The van der Waals surface area contributed by atoms with E-state index in [9.17, 15) is 18.0 Å². The minimum absolute atomic E-state index is 0.0662. The van der Waals surface area contributed by atoms with Gasteiger partial charge >= 0.3 is 12.1 Å². The average Bonchev–Trinajstić information content (AvgIpc) is 3.30. The summed E-state index contributed by atoms with van der Waals surface area (Å²) in [4.78, 5) is 33.3. The van der Waals surface area contributed by atoms with Gasteiger partial charge in [-0.05, 0) is 52.7 Å². The van der Waals surface area contributed by atoms with E-state index in [1.165, 1.54) is 21.1 Å². The lowest BCUT2D eigenvalue weighted by Gasteiger charge is -2.47. The van der Waals surface area contributed by atoms with Gasteiger partial charge < -0.3 is 14.6 Å². The Morgan fingerprint density at radius 3 is 2.26 bits per heavy atom. The molecule has 2 aromatic heterocycles. The van der Waals surface area contributed by atoms with Crippen LogP contribution in [0.5, 0.6) is 0 Å². The van der Waals surface area contributed by atoms with E-state index in [0.29, 0.717) is 6.04 Å². The lowest BCUT2D eigenvalue weighted by Crippen LogP contribution is -2.52. The van der Waals surface area contributed by atoms with Crippen LogP contribution in [0.25, 0.3) is 0 Å². The van der Waals surface area contributed by atoms with Gasteiger partial charge in [0.25, 0.3) is 0 Å². The first-order chi connectivity index (χ1) is 16.2. The van der Waals surface area contributed by atoms with E-state index < -0.39 is 12.1 Å². The van der Waals surface area contributed by atoms with E-state index in [2.05, 4.69) is 49.3 Å². The van der Waals surface area contributed by atoms with Crippen LogP contribution in [0.4, 0.5) is 13.2 Å². The van der Waals surface area contributed by atoms with Crippen molar-refractivity contribution in [2.24, 2.45) is 0 Å². The molecule has 4 rings (SSSR count). The Bertz CT molecular complexity index is 1070. The number of carbonyl (C=O) groups excluding carboxylic acids is 1. The zero-order valence-electron chi connectivity index (χ0n) is 20.8. The Balaban J connectivity index is 0.000000429. The van der Waals surface area contributed by atoms with Crippen molar-refractivity contribution in [3.8, 4) is 0 Å². The highest BCUT2D eigenvalue weighted by molar-refractivity contribution is 7.11. The molecule has 2 aromatic rings. The van der Waals surface area contributed by atoms with Crippen molar-refractivity contribution in [3.63, 3.8) is 0 Å². The van der Waals surface area contributed by atoms with E-state index in [4.69, 9.17) is 14.9 Å². The van der Waals surface area contributed by atoms with Gasteiger partial charge in [0.1, 0.15) is 5.82 Å². The molecule has 0 atom stereocenters. The molecule has 11 heteroatoms. The topological polar surface area (TPSA) is 78.7 Å². The fourth-order valence-electron chi connectivity index (χ4n) is 5.17. The molecule has 0 bridgehead atoms. The zero-order chi connectivity index (χ0) is 26.1. The maximum Gasteiger partial charge on any atom is 0.490 e. The molecular formula is C24H33F3N4O3S. The number of aromatic nitrogens is 2. The number of imidazole rings is 1. The molecule has 0 aliphatic carbocycles. The van der Waals surface area contributed by atoms with Gasteiger partial charge in [-0.1, -0.05) is 0 Å². The number of halogens is 3. The monoisotopic (exact) mass is 514 g/mol. The Hall–Kier alpha value is -2.40. The predicted molar refractivity (Wildman–Crippen MR) is 127 cm³/mol. The van der Waals surface area contributed by atoms with Crippen LogP contribution in [-0.2, 0) is 28.1 Å². The van der Waals surface area contributed by atoms with E-state index in [-0.39, 0.29) is 11.3 Å². The van der Waals surface area contributed by atoms with Crippen LogP contribution in [0, 0.1) is 13.8 Å². The number of carbonyl (C=O) groups is 2. The zero-order valence-corrected chi connectivity index (χ0v) is 21.6. The Morgan fingerprint density at radius 1 is 1.20 bits per heavy atom. The molecule has 0 radical (unpaired) electrons. The van der Waals surface area contributed by atoms with Crippen LogP contribution in [0.1, 0.15) is 66.6 Å². The lowest BCUT2D eigenvalue weighted by atomic mass is 9.72. The fourth-order valence-corrected chi connectivity index (χ4v) is 6.10. The van der Waals surface area contributed by atoms with Crippen molar-refractivity contribution < 1.29 is 27.9 Å². The highest BCUT2D eigenvalue weighted by Gasteiger charge is 2.45. The van der Waals surface area contributed by atoms with Gasteiger partial charge in [-0.2, -0.15) is 13.2 Å². The number of nitrogens with zero attached hydrogens (tertiary/aromatic N) is 4. The Kier molecular flexibility index (Phi) is 8.00.